The molecule has 0 atom stereocenters. The van der Waals surface area contributed by atoms with E-state index in [1.165, 1.54) is 15.4 Å². The van der Waals surface area contributed by atoms with Gasteiger partial charge >= 0.3 is 114 Å². The van der Waals surface area contributed by atoms with Gasteiger partial charge in [-0.1, -0.05) is 0 Å². The summed E-state index contributed by atoms with van der Waals surface area (Å²) in [5.74, 6) is 0. The summed E-state index contributed by atoms with van der Waals surface area (Å²) in [6.07, 6.45) is 8.03. The third-order valence-electron chi connectivity index (χ3n) is 3.96. The fourth-order valence-corrected chi connectivity index (χ4v) is 3.50. The largest absolute Gasteiger partial charge is 1.00 e. The van der Waals surface area contributed by atoms with E-state index in [1.807, 2.05) is 0 Å². The van der Waals surface area contributed by atoms with Gasteiger partial charge in [0.1, 0.15) is 0 Å². The molecule has 0 N–H and O–H groups in total. The molecule has 0 nitrogen and oxygen atoms in total. The van der Waals surface area contributed by atoms with E-state index in [2.05, 4.69) is 73.8 Å². The van der Waals surface area contributed by atoms with E-state index in [1.54, 1.807) is 0 Å². The maximum absolute atomic E-state index is 2.76. The molecule has 0 bridgehead atoms. The van der Waals surface area contributed by atoms with Crippen LogP contribution in [0.15, 0.2) is 52.3 Å². The van der Waals surface area contributed by atoms with Gasteiger partial charge in [0.2, 0.25) is 0 Å². The molecule has 1 aromatic carbocycles. The molecule has 0 unspecified atom stereocenters. The zero-order valence-corrected chi connectivity index (χ0v) is 15.4. The molecular formula is C16H19Cl3V. The van der Waals surface area contributed by atoms with Gasteiger partial charge in [0.05, 0.1) is 0 Å². The van der Waals surface area contributed by atoms with Crippen LogP contribution in [0.4, 0.5) is 0 Å². The van der Waals surface area contributed by atoms with E-state index in [4.69, 9.17) is 0 Å². The average Bonchev–Trinajstić information content (AvgIpc) is 2.80. The number of halogens is 3. The number of allylic oxidation sites excluding steroid dienone is 4. The number of hydrogen-bond donors (Lipinski definition) is 0. The van der Waals surface area contributed by atoms with Crippen LogP contribution in [0.3, 0.4) is 0 Å². The SMILES string of the molecule is CCC(CC)(C1=[C]([V+3])CC=C1)c1ccccc1.[Cl-].[Cl-].[Cl-]. The van der Waals surface area contributed by atoms with E-state index in [-0.39, 0.29) is 42.6 Å². The third-order valence-corrected chi connectivity index (χ3v) is 4.62. The summed E-state index contributed by atoms with van der Waals surface area (Å²) < 4.78 is 1.48. The molecule has 0 heterocycles. The van der Waals surface area contributed by atoms with Crippen molar-refractivity contribution in [1.82, 2.24) is 0 Å². The first-order valence-electron chi connectivity index (χ1n) is 6.39. The molecule has 1 aliphatic carbocycles. The molecule has 0 aromatic heterocycles. The fraction of sp³-hybridized carbons (Fsp3) is 0.375. The smallest absolute Gasteiger partial charge is 1.00 e. The standard InChI is InChI=1S/C16H19.3ClH.V/c1-3-16(4-2,15-12-8-9-13-15)14-10-6-5-7-11-14;;;;/h5-8,10-12H,3-4,9H2,1-2H3;3*1H;/q;;;;+3/p-3. The summed E-state index contributed by atoms with van der Waals surface area (Å²) in [5.41, 5.74) is 3.18. The van der Waals surface area contributed by atoms with Crippen molar-refractivity contribution in [1.29, 1.82) is 0 Å². The van der Waals surface area contributed by atoms with Crippen molar-refractivity contribution in [3.05, 3.63) is 57.9 Å². The first kappa shape index (κ1) is 22.4. The second-order valence-corrected chi connectivity index (χ2v) is 5.47. The van der Waals surface area contributed by atoms with Crippen molar-refractivity contribution in [2.75, 3.05) is 0 Å². The van der Waals surface area contributed by atoms with E-state index in [0.29, 0.717) is 0 Å². The predicted molar refractivity (Wildman–Crippen MR) is 69.5 cm³/mol. The van der Waals surface area contributed by atoms with Crippen LogP contribution >= 0.6 is 0 Å². The summed E-state index contributed by atoms with van der Waals surface area (Å²) in [5, 5.41) is 0. The van der Waals surface area contributed by atoms with Crippen molar-refractivity contribution >= 4 is 0 Å². The third kappa shape index (κ3) is 4.09. The van der Waals surface area contributed by atoms with E-state index in [9.17, 15) is 0 Å². The van der Waals surface area contributed by atoms with Crippen LogP contribution in [0.25, 0.3) is 0 Å². The van der Waals surface area contributed by atoms with Crippen molar-refractivity contribution in [3.63, 3.8) is 0 Å². The fourth-order valence-electron chi connectivity index (χ4n) is 2.88. The van der Waals surface area contributed by atoms with Gasteiger partial charge in [-0.25, -0.2) is 0 Å². The Morgan fingerprint density at radius 1 is 1.00 bits per heavy atom. The van der Waals surface area contributed by atoms with Crippen LogP contribution < -0.4 is 37.2 Å². The first-order chi connectivity index (χ1) is 8.24. The van der Waals surface area contributed by atoms with E-state index < -0.39 is 0 Å². The van der Waals surface area contributed by atoms with Gasteiger partial charge in [-0.2, -0.15) is 0 Å². The summed E-state index contributed by atoms with van der Waals surface area (Å²) in [4.78, 5) is 0. The predicted octanol–water partition coefficient (Wildman–Crippen LogP) is -4.48. The Labute approximate surface area is 150 Å². The van der Waals surface area contributed by atoms with Crippen LogP contribution in [0.1, 0.15) is 38.7 Å². The number of hydrogen-bond acceptors (Lipinski definition) is 0. The second kappa shape index (κ2) is 9.98. The molecule has 109 valence electrons. The zero-order chi connectivity index (χ0) is 12.3. The maximum Gasteiger partial charge on any atom is -1.00 e. The molecule has 1 aromatic rings. The van der Waals surface area contributed by atoms with Gasteiger partial charge in [-0.3, -0.25) is 0 Å². The number of benzene rings is 1. The van der Waals surface area contributed by atoms with Crippen molar-refractivity contribution in [2.24, 2.45) is 0 Å². The Kier molecular flexibility index (Phi) is 11.2. The molecule has 0 radical (unpaired) electrons. The van der Waals surface area contributed by atoms with Crippen molar-refractivity contribution in [2.45, 2.75) is 38.5 Å². The van der Waals surface area contributed by atoms with Gasteiger partial charge < -0.3 is 37.2 Å². The molecule has 0 spiro atoms. The van der Waals surface area contributed by atoms with Crippen molar-refractivity contribution < 1.29 is 54.6 Å². The summed E-state index contributed by atoms with van der Waals surface area (Å²) in [7, 11) is 0. The van der Waals surface area contributed by atoms with E-state index in [0.717, 1.165) is 19.3 Å². The van der Waals surface area contributed by atoms with Crippen LogP contribution in [0.5, 0.6) is 0 Å². The van der Waals surface area contributed by atoms with Crippen LogP contribution in [-0.4, -0.2) is 0 Å². The molecular weight excluding hydrogens is 349 g/mol. The molecule has 0 fully saturated rings. The molecule has 0 saturated heterocycles. The average molecular weight is 369 g/mol. The van der Waals surface area contributed by atoms with Crippen molar-refractivity contribution in [3.8, 4) is 0 Å². The van der Waals surface area contributed by atoms with Gasteiger partial charge in [-0.05, 0) is 0 Å². The molecule has 2 rings (SSSR count). The summed E-state index contributed by atoms with van der Waals surface area (Å²) >= 11 is 2.76. The maximum atomic E-state index is 2.76. The van der Waals surface area contributed by atoms with Gasteiger partial charge in [0.15, 0.2) is 0 Å². The monoisotopic (exact) mass is 367 g/mol. The van der Waals surface area contributed by atoms with Gasteiger partial charge in [0.25, 0.3) is 0 Å². The quantitative estimate of drug-likeness (QED) is 0.503. The minimum atomic E-state index is 0. The van der Waals surface area contributed by atoms with Crippen LogP contribution in [0, 0.1) is 0 Å². The minimum Gasteiger partial charge on any atom is -1.00 e. The molecule has 0 saturated carbocycles. The van der Waals surface area contributed by atoms with Crippen LogP contribution in [0.2, 0.25) is 0 Å². The Bertz CT molecular complexity index is 448. The molecule has 4 heteroatoms. The summed E-state index contributed by atoms with van der Waals surface area (Å²) in [6.45, 7) is 4.60. The molecule has 20 heavy (non-hydrogen) atoms. The normalized spacial score (nSPS) is 13.4. The van der Waals surface area contributed by atoms with E-state index >= 15 is 0 Å². The molecule has 0 amide bonds. The zero-order valence-electron chi connectivity index (χ0n) is 11.7. The Morgan fingerprint density at radius 3 is 1.95 bits per heavy atom. The summed E-state index contributed by atoms with van der Waals surface area (Å²) in [6, 6.07) is 10.9. The minimum absolute atomic E-state index is 0. The van der Waals surface area contributed by atoms with Gasteiger partial charge in [-0.15, -0.1) is 0 Å². The molecule has 0 aliphatic heterocycles. The van der Waals surface area contributed by atoms with Gasteiger partial charge in [0, 0.05) is 0 Å². The second-order valence-electron chi connectivity index (χ2n) is 4.62. The Morgan fingerprint density at radius 2 is 1.55 bits per heavy atom. The topological polar surface area (TPSA) is 0 Å². The molecule has 1 aliphatic rings. The Hall–Kier alpha value is 0.154. The first-order valence-corrected chi connectivity index (χ1v) is 7.09. The van der Waals surface area contributed by atoms with Crippen LogP contribution in [-0.2, 0) is 22.8 Å². The Balaban J connectivity index is 0. The number of rotatable bonds is 4.